The lowest BCUT2D eigenvalue weighted by Gasteiger charge is -2.32. The molecule has 0 aromatic carbocycles. The summed E-state index contributed by atoms with van der Waals surface area (Å²) < 4.78 is 11.7. The normalized spacial score (nSPS) is 20.2. The Balaban J connectivity index is 2.36. The van der Waals surface area contributed by atoms with Gasteiger partial charge in [0.1, 0.15) is 0 Å². The zero-order valence-corrected chi connectivity index (χ0v) is 13.2. The van der Waals surface area contributed by atoms with Crippen LogP contribution >= 0.6 is 0 Å². The summed E-state index contributed by atoms with van der Waals surface area (Å²) in [6.07, 6.45) is 3.00. The van der Waals surface area contributed by atoms with Crippen LogP contribution in [0.4, 0.5) is 0 Å². The average Bonchev–Trinajstić information content (AvgIpc) is 2.64. The Kier molecular flexibility index (Phi) is 4.42. The zero-order valence-electron chi connectivity index (χ0n) is 13.2. The molecule has 0 amide bonds. The molecule has 0 bridgehead atoms. The van der Waals surface area contributed by atoms with Gasteiger partial charge in [0.2, 0.25) is 0 Å². The van der Waals surface area contributed by atoms with Crippen LogP contribution in [0.2, 0.25) is 0 Å². The first-order valence-electron chi connectivity index (χ1n) is 7.03. The highest BCUT2D eigenvalue weighted by Gasteiger charge is 2.52. The number of aromatic nitrogens is 1. The maximum atomic E-state index is 11.2. The molecule has 0 radical (unpaired) electrons. The molecule has 0 saturated carbocycles. The Morgan fingerprint density at radius 2 is 1.91 bits per heavy atom. The fraction of sp³-hybridized carbons (Fsp3) is 0.467. The minimum atomic E-state index is -1.08. The third kappa shape index (κ3) is 3.06. The van der Waals surface area contributed by atoms with E-state index in [0.717, 1.165) is 0 Å². The minimum absolute atomic E-state index is 0.0602. The van der Waals surface area contributed by atoms with Crippen molar-refractivity contribution in [2.24, 2.45) is 0 Å². The van der Waals surface area contributed by atoms with Crippen molar-refractivity contribution < 1.29 is 24.3 Å². The van der Waals surface area contributed by atoms with Crippen LogP contribution in [0.15, 0.2) is 23.8 Å². The van der Waals surface area contributed by atoms with E-state index in [1.807, 2.05) is 27.7 Å². The number of hydrogen-bond donors (Lipinski definition) is 2. The second-order valence-corrected chi connectivity index (χ2v) is 6.21. The fourth-order valence-corrected chi connectivity index (χ4v) is 2.07. The number of aliphatic hydroxyl groups excluding tert-OH is 1. The van der Waals surface area contributed by atoms with Crippen LogP contribution in [0.5, 0.6) is 0 Å². The number of rotatable bonds is 4. The Morgan fingerprint density at radius 1 is 1.32 bits per heavy atom. The minimum Gasteiger partial charge on any atom is -0.478 e. The summed E-state index contributed by atoms with van der Waals surface area (Å²) in [6.45, 7) is 7.32. The van der Waals surface area contributed by atoms with E-state index in [-0.39, 0.29) is 17.9 Å². The quantitative estimate of drug-likeness (QED) is 0.824. The number of aliphatic hydroxyl groups is 1. The van der Waals surface area contributed by atoms with Crippen molar-refractivity contribution in [2.75, 3.05) is 6.61 Å². The van der Waals surface area contributed by atoms with Crippen LogP contribution in [0.3, 0.4) is 0 Å². The maximum Gasteiger partial charge on any atom is 0.492 e. The maximum absolute atomic E-state index is 11.2. The van der Waals surface area contributed by atoms with Gasteiger partial charge in [0.25, 0.3) is 0 Å². The molecule has 2 N–H and O–H groups in total. The molecule has 22 heavy (non-hydrogen) atoms. The van der Waals surface area contributed by atoms with E-state index in [0.29, 0.717) is 5.47 Å². The van der Waals surface area contributed by atoms with Crippen LogP contribution in [0.1, 0.15) is 43.7 Å². The van der Waals surface area contributed by atoms with Crippen molar-refractivity contribution >= 4 is 19.2 Å². The smallest absolute Gasteiger partial charge is 0.478 e. The van der Waals surface area contributed by atoms with Crippen LogP contribution < -0.4 is 0 Å². The average molecular weight is 305 g/mol. The van der Waals surface area contributed by atoms with E-state index in [2.05, 4.69) is 4.98 Å². The van der Waals surface area contributed by atoms with Gasteiger partial charge in [-0.15, -0.1) is 0 Å². The molecule has 0 aliphatic carbocycles. The standard InChI is InChI=1S/C15H20BNO5/c1-14(2)15(3,4)22-16(21-14)10(9-18)8-12-11(13(19)20)6-5-7-17-12/h5-8,18H,9H2,1-4H3,(H,19,20). The van der Waals surface area contributed by atoms with Crippen LogP contribution in [-0.2, 0) is 9.31 Å². The number of carboxylic acid groups (broad SMARTS) is 1. The Hall–Kier alpha value is -1.70. The lowest BCUT2D eigenvalue weighted by molar-refractivity contribution is 0.00578. The second kappa shape index (κ2) is 5.83. The third-order valence-corrected chi connectivity index (χ3v) is 4.13. The molecule has 1 aliphatic rings. The molecule has 7 heteroatoms. The van der Waals surface area contributed by atoms with Gasteiger partial charge in [0, 0.05) is 6.20 Å². The van der Waals surface area contributed by atoms with Crippen LogP contribution in [-0.4, -0.2) is 46.1 Å². The monoisotopic (exact) mass is 305 g/mol. The summed E-state index contributed by atoms with van der Waals surface area (Å²) in [4.78, 5) is 15.3. The third-order valence-electron chi connectivity index (χ3n) is 4.13. The van der Waals surface area contributed by atoms with Crippen LogP contribution in [0, 0.1) is 0 Å². The van der Waals surface area contributed by atoms with Gasteiger partial charge in [-0.05, 0) is 51.4 Å². The van der Waals surface area contributed by atoms with Gasteiger partial charge in [0.15, 0.2) is 0 Å². The molecule has 0 spiro atoms. The highest BCUT2D eigenvalue weighted by atomic mass is 16.7. The van der Waals surface area contributed by atoms with Crippen molar-refractivity contribution in [3.05, 3.63) is 35.1 Å². The largest absolute Gasteiger partial charge is 0.492 e. The summed E-state index contributed by atoms with van der Waals surface area (Å²) in [7, 11) is -0.737. The number of nitrogens with zero attached hydrogens (tertiary/aromatic N) is 1. The second-order valence-electron chi connectivity index (χ2n) is 6.21. The van der Waals surface area contributed by atoms with Gasteiger partial charge in [-0.25, -0.2) is 4.79 Å². The summed E-state index contributed by atoms with van der Waals surface area (Å²) in [6, 6.07) is 3.01. The number of carboxylic acids is 1. The van der Waals surface area contributed by atoms with Crippen molar-refractivity contribution in [2.45, 2.75) is 38.9 Å². The molecule has 1 aromatic rings. The summed E-state index contributed by atoms with van der Waals surface area (Å²) >= 11 is 0. The molecule has 1 aromatic heterocycles. The van der Waals surface area contributed by atoms with Crippen molar-refractivity contribution in [3.63, 3.8) is 0 Å². The lowest BCUT2D eigenvalue weighted by atomic mass is 9.77. The number of hydrogen-bond acceptors (Lipinski definition) is 5. The molecule has 1 aliphatic heterocycles. The molecule has 2 rings (SSSR count). The molecule has 1 fully saturated rings. The van der Waals surface area contributed by atoms with E-state index in [1.165, 1.54) is 18.3 Å². The highest BCUT2D eigenvalue weighted by molar-refractivity contribution is 6.55. The predicted octanol–water partition coefficient (Wildman–Crippen LogP) is 1.79. The van der Waals surface area contributed by atoms with Gasteiger partial charge in [-0.1, -0.05) is 0 Å². The topological polar surface area (TPSA) is 88.9 Å². The highest BCUT2D eigenvalue weighted by Crippen LogP contribution is 2.38. The van der Waals surface area contributed by atoms with Crippen molar-refractivity contribution in [1.82, 2.24) is 4.98 Å². The van der Waals surface area contributed by atoms with Gasteiger partial charge >= 0.3 is 13.1 Å². The van der Waals surface area contributed by atoms with E-state index < -0.39 is 24.3 Å². The molecule has 0 unspecified atom stereocenters. The van der Waals surface area contributed by atoms with E-state index in [4.69, 9.17) is 9.31 Å². The molecule has 2 heterocycles. The first-order chi connectivity index (χ1) is 10.2. The Labute approximate surface area is 129 Å². The number of aromatic carboxylic acids is 1. The van der Waals surface area contributed by atoms with E-state index >= 15 is 0 Å². The summed E-state index contributed by atoms with van der Waals surface area (Å²) in [5.74, 6) is -1.08. The Morgan fingerprint density at radius 3 is 2.41 bits per heavy atom. The molecule has 118 valence electrons. The van der Waals surface area contributed by atoms with Gasteiger partial charge in [-0.3, -0.25) is 4.98 Å². The Bertz CT molecular complexity index is 596. The van der Waals surface area contributed by atoms with Crippen LogP contribution in [0.25, 0.3) is 6.08 Å². The molecular weight excluding hydrogens is 285 g/mol. The SMILES string of the molecule is CC1(C)OB(C(=Cc2ncccc2C(=O)O)CO)OC1(C)C. The molecule has 0 atom stereocenters. The molecule has 1 saturated heterocycles. The summed E-state index contributed by atoms with van der Waals surface area (Å²) in [5.41, 5.74) is -0.323. The van der Waals surface area contributed by atoms with E-state index in [1.54, 1.807) is 6.07 Å². The predicted molar refractivity (Wildman–Crippen MR) is 82.3 cm³/mol. The first-order valence-corrected chi connectivity index (χ1v) is 7.03. The van der Waals surface area contributed by atoms with Crippen molar-refractivity contribution in [1.29, 1.82) is 0 Å². The first kappa shape index (κ1) is 16.7. The van der Waals surface area contributed by atoms with Gasteiger partial charge in [-0.2, -0.15) is 0 Å². The summed E-state index contributed by atoms with van der Waals surface area (Å²) in [5, 5.41) is 18.8. The lowest BCUT2D eigenvalue weighted by Crippen LogP contribution is -2.41. The van der Waals surface area contributed by atoms with Crippen molar-refractivity contribution in [3.8, 4) is 0 Å². The van der Waals surface area contributed by atoms with Gasteiger partial charge in [0.05, 0.1) is 29.1 Å². The number of carbonyl (C=O) groups is 1. The zero-order chi connectivity index (χ0) is 16.5. The van der Waals surface area contributed by atoms with Gasteiger partial charge < -0.3 is 19.5 Å². The molecular formula is C15H20BNO5. The fourth-order valence-electron chi connectivity index (χ4n) is 2.07. The number of pyridine rings is 1. The van der Waals surface area contributed by atoms with E-state index in [9.17, 15) is 15.0 Å². The molecule has 6 nitrogen and oxygen atoms in total.